The molecule has 7 rings (SSSR count). The molecule has 0 spiro atoms. The highest BCUT2D eigenvalue weighted by Gasteiger charge is 2.62. The van der Waals surface area contributed by atoms with Crippen LogP contribution in [0, 0.1) is 23.2 Å². The van der Waals surface area contributed by atoms with Gasteiger partial charge in [0.15, 0.2) is 6.10 Å². The van der Waals surface area contributed by atoms with Crippen molar-refractivity contribution in [3.05, 3.63) is 71.9 Å². The van der Waals surface area contributed by atoms with Crippen LogP contribution in [-0.4, -0.2) is 78.7 Å². The molecule has 2 aromatic carbocycles. The van der Waals surface area contributed by atoms with Crippen LogP contribution in [0.15, 0.2) is 61.3 Å². The molecular weight excluding hydrogens is 734 g/mol. The van der Waals surface area contributed by atoms with Gasteiger partial charge in [0.2, 0.25) is 21.8 Å². The summed E-state index contributed by atoms with van der Waals surface area (Å²) in [5.74, 6) is -1.48. The minimum absolute atomic E-state index is 0.0162. The Morgan fingerprint density at radius 1 is 1.11 bits per heavy atom. The minimum atomic E-state index is -3.90. The summed E-state index contributed by atoms with van der Waals surface area (Å²) in [4.78, 5) is 48.7. The van der Waals surface area contributed by atoms with Crippen LogP contribution >= 0.6 is 11.6 Å². The number of pyridine rings is 1. The number of halogens is 1. The number of benzene rings is 2. The fourth-order valence-corrected chi connectivity index (χ4v) is 9.24. The Hall–Kier alpha value is -4.87. The van der Waals surface area contributed by atoms with E-state index in [2.05, 4.69) is 27.7 Å². The SMILES string of the molecule is C=CC1CC1(NC(=O)C1CC(Oc2ncc(OC)c3ccc(Cl)cc23)CN1C(=O)C(Oc1cccc(C#N)c1)C1CCCCC1)C(=O)NS(=O)(=O)C1CC1. The van der Waals surface area contributed by atoms with Crippen molar-refractivity contribution in [3.8, 4) is 23.4 Å². The maximum absolute atomic E-state index is 14.8. The summed E-state index contributed by atoms with van der Waals surface area (Å²) in [5.41, 5.74) is -1.17. The summed E-state index contributed by atoms with van der Waals surface area (Å²) in [5, 5.41) is 13.4. The van der Waals surface area contributed by atoms with Gasteiger partial charge in [0.25, 0.3) is 11.8 Å². The molecule has 3 saturated carbocycles. The molecule has 0 radical (unpaired) electrons. The number of carbonyl (C=O) groups is 3. The van der Waals surface area contributed by atoms with Gasteiger partial charge in [-0.2, -0.15) is 5.26 Å². The molecule has 15 heteroatoms. The molecule has 3 aliphatic carbocycles. The van der Waals surface area contributed by atoms with Crippen LogP contribution in [0.5, 0.6) is 17.4 Å². The van der Waals surface area contributed by atoms with Gasteiger partial charge < -0.3 is 24.4 Å². The third kappa shape index (κ3) is 7.57. The highest BCUT2D eigenvalue weighted by Crippen LogP contribution is 2.46. The molecule has 54 heavy (non-hydrogen) atoms. The van der Waals surface area contributed by atoms with Crippen molar-refractivity contribution < 1.29 is 37.0 Å². The van der Waals surface area contributed by atoms with E-state index < -0.39 is 62.7 Å². The lowest BCUT2D eigenvalue weighted by Gasteiger charge is -2.34. The number of likely N-dealkylation sites (tertiary alicyclic amines) is 1. The Morgan fingerprint density at radius 2 is 1.89 bits per heavy atom. The largest absolute Gasteiger partial charge is 0.494 e. The smallest absolute Gasteiger partial charge is 0.264 e. The van der Waals surface area contributed by atoms with Crippen molar-refractivity contribution in [3.63, 3.8) is 0 Å². The number of carbonyl (C=O) groups excluding carboxylic acids is 3. The molecule has 3 aromatic rings. The van der Waals surface area contributed by atoms with Crippen molar-refractivity contribution in [2.24, 2.45) is 11.8 Å². The van der Waals surface area contributed by atoms with Gasteiger partial charge in [0, 0.05) is 34.1 Å². The average Bonchev–Trinajstić information content (AvgIpc) is 4.11. The summed E-state index contributed by atoms with van der Waals surface area (Å²) < 4.78 is 46.1. The number of hydrogen-bond donors (Lipinski definition) is 2. The van der Waals surface area contributed by atoms with Gasteiger partial charge in [0.1, 0.15) is 29.2 Å². The fourth-order valence-electron chi connectivity index (χ4n) is 7.71. The number of aromatic nitrogens is 1. The van der Waals surface area contributed by atoms with E-state index in [9.17, 15) is 28.1 Å². The van der Waals surface area contributed by atoms with E-state index in [0.29, 0.717) is 45.7 Å². The zero-order valence-electron chi connectivity index (χ0n) is 29.8. The van der Waals surface area contributed by atoms with E-state index in [1.54, 1.807) is 42.5 Å². The summed E-state index contributed by atoms with van der Waals surface area (Å²) in [7, 11) is -2.37. The first-order valence-electron chi connectivity index (χ1n) is 18.2. The lowest BCUT2D eigenvalue weighted by Crippen LogP contribution is -2.58. The number of nitriles is 1. The number of sulfonamides is 1. The van der Waals surface area contributed by atoms with Crippen molar-refractivity contribution in [2.45, 2.75) is 86.8 Å². The van der Waals surface area contributed by atoms with Crippen LogP contribution in [0.2, 0.25) is 5.02 Å². The second-order valence-corrected chi connectivity index (χ2v) is 17.0. The second-order valence-electron chi connectivity index (χ2n) is 14.6. The maximum Gasteiger partial charge on any atom is 0.264 e. The van der Waals surface area contributed by atoms with E-state index in [1.165, 1.54) is 24.3 Å². The summed E-state index contributed by atoms with van der Waals surface area (Å²) in [6.45, 7) is 3.78. The van der Waals surface area contributed by atoms with Crippen LogP contribution in [-0.2, 0) is 24.4 Å². The van der Waals surface area contributed by atoms with E-state index in [4.69, 9.17) is 25.8 Å². The van der Waals surface area contributed by atoms with Crippen molar-refractivity contribution in [2.75, 3.05) is 13.7 Å². The zero-order chi connectivity index (χ0) is 38.2. The number of fused-ring (bicyclic) bond motifs is 1. The highest BCUT2D eigenvalue weighted by molar-refractivity contribution is 7.91. The number of rotatable bonds is 13. The van der Waals surface area contributed by atoms with E-state index >= 15 is 0 Å². The van der Waals surface area contributed by atoms with E-state index in [1.807, 2.05) is 0 Å². The van der Waals surface area contributed by atoms with Crippen LogP contribution in [0.25, 0.3) is 10.8 Å². The first-order valence-corrected chi connectivity index (χ1v) is 20.2. The summed E-state index contributed by atoms with van der Waals surface area (Å²) in [6, 6.07) is 12.8. The quantitative estimate of drug-likeness (QED) is 0.229. The monoisotopic (exact) mass is 775 g/mol. The lowest BCUT2D eigenvalue weighted by molar-refractivity contribution is -0.147. The number of nitrogens with zero attached hydrogens (tertiary/aromatic N) is 3. The van der Waals surface area contributed by atoms with Gasteiger partial charge in [0.05, 0.1) is 36.7 Å². The Balaban J connectivity index is 1.21. The molecular formula is C39H42ClN5O8S. The Kier molecular flexibility index (Phi) is 10.5. The molecule has 5 atom stereocenters. The van der Waals surface area contributed by atoms with Gasteiger partial charge in [-0.25, -0.2) is 13.4 Å². The molecule has 4 fully saturated rings. The molecule has 5 unspecified atom stereocenters. The number of nitrogens with one attached hydrogen (secondary N) is 2. The predicted octanol–water partition coefficient (Wildman–Crippen LogP) is 4.81. The molecule has 2 heterocycles. The Bertz CT molecular complexity index is 2130. The maximum atomic E-state index is 14.8. The van der Waals surface area contributed by atoms with Gasteiger partial charge in [-0.1, -0.05) is 43.0 Å². The van der Waals surface area contributed by atoms with Crippen LogP contribution < -0.4 is 24.2 Å². The molecule has 1 aromatic heterocycles. The number of ether oxygens (including phenoxy) is 3. The van der Waals surface area contributed by atoms with E-state index in [-0.39, 0.29) is 31.2 Å². The van der Waals surface area contributed by atoms with Gasteiger partial charge in [-0.15, -0.1) is 6.58 Å². The molecule has 4 aliphatic rings. The molecule has 1 saturated heterocycles. The molecule has 3 amide bonds. The minimum Gasteiger partial charge on any atom is -0.494 e. The summed E-state index contributed by atoms with van der Waals surface area (Å²) in [6.07, 6.45) is 6.77. The summed E-state index contributed by atoms with van der Waals surface area (Å²) >= 11 is 6.36. The van der Waals surface area contributed by atoms with Gasteiger partial charge in [-0.05, 0) is 68.5 Å². The van der Waals surface area contributed by atoms with E-state index in [0.717, 1.165) is 32.1 Å². The molecule has 1 aliphatic heterocycles. The first-order chi connectivity index (χ1) is 26.0. The number of methoxy groups -OCH3 is 1. The van der Waals surface area contributed by atoms with Crippen LogP contribution in [0.4, 0.5) is 0 Å². The number of hydrogen-bond acceptors (Lipinski definition) is 10. The first kappa shape index (κ1) is 37.4. The third-order valence-electron chi connectivity index (χ3n) is 10.9. The molecule has 0 bridgehead atoms. The van der Waals surface area contributed by atoms with Crippen molar-refractivity contribution in [1.29, 1.82) is 5.26 Å². The normalized spacial score (nSPS) is 24.5. The Morgan fingerprint density at radius 3 is 2.57 bits per heavy atom. The van der Waals surface area contributed by atoms with Crippen LogP contribution in [0.3, 0.4) is 0 Å². The molecule has 2 N–H and O–H groups in total. The topological polar surface area (TPSA) is 177 Å². The fraction of sp³-hybridized carbons (Fsp3) is 0.462. The number of amides is 3. The van der Waals surface area contributed by atoms with Crippen molar-refractivity contribution >= 4 is 50.1 Å². The average molecular weight is 776 g/mol. The zero-order valence-corrected chi connectivity index (χ0v) is 31.4. The molecule has 13 nitrogen and oxygen atoms in total. The highest BCUT2D eigenvalue weighted by atomic mass is 35.5. The van der Waals surface area contributed by atoms with Gasteiger partial charge in [-0.3, -0.25) is 19.1 Å². The molecule has 284 valence electrons. The Labute approximate surface area is 319 Å². The lowest BCUT2D eigenvalue weighted by atomic mass is 9.84. The predicted molar refractivity (Wildman–Crippen MR) is 199 cm³/mol. The standard InChI is InChI=1S/C39H42ClN5O8S/c1-3-25-19-39(25,38(48)44-54(49,50)29-13-14-29)43-35(46)32-18-28(53-36-31-17-26(40)12-15-30(31)33(51-2)21-42-36)22-45(32)37(47)34(24-9-5-4-6-10-24)52-27-11-7-8-23(16-27)20-41/h3,7-8,11-12,15-17,21,24-25,28-29,32,34H,1,4-6,9-10,13-14,18-19,22H2,2H3,(H,43,46)(H,44,48). The van der Waals surface area contributed by atoms with Crippen molar-refractivity contribution in [1.82, 2.24) is 19.9 Å². The third-order valence-corrected chi connectivity index (χ3v) is 13.0. The van der Waals surface area contributed by atoms with Gasteiger partial charge >= 0.3 is 0 Å². The van der Waals surface area contributed by atoms with Crippen LogP contribution in [0.1, 0.15) is 63.4 Å². The second kappa shape index (κ2) is 15.1.